The van der Waals surface area contributed by atoms with E-state index in [2.05, 4.69) is 29.0 Å². The fourth-order valence-electron chi connectivity index (χ4n) is 2.66. The van der Waals surface area contributed by atoms with Crippen molar-refractivity contribution in [3.05, 3.63) is 12.2 Å². The molecule has 0 fully saturated rings. The normalized spacial score (nSPS) is 15.3. The van der Waals surface area contributed by atoms with E-state index < -0.39 is 0 Å². The van der Waals surface area contributed by atoms with Gasteiger partial charge in [0.1, 0.15) is 0 Å². The van der Waals surface area contributed by atoms with Gasteiger partial charge < -0.3 is 10.0 Å². The van der Waals surface area contributed by atoms with Crippen LogP contribution in [0.4, 0.5) is 0 Å². The van der Waals surface area contributed by atoms with Crippen LogP contribution in [0.15, 0.2) is 17.1 Å². The Bertz CT molecular complexity index is 287. The van der Waals surface area contributed by atoms with Gasteiger partial charge in [-0.25, -0.2) is 0 Å². The molecular formula is C17H32N2O. The van der Waals surface area contributed by atoms with Crippen LogP contribution in [0.3, 0.4) is 0 Å². The molecule has 3 heteroatoms. The van der Waals surface area contributed by atoms with Crippen LogP contribution in [-0.2, 0) is 0 Å². The molecule has 0 bridgehead atoms. The highest BCUT2D eigenvalue weighted by Crippen LogP contribution is 2.12. The van der Waals surface area contributed by atoms with Crippen LogP contribution in [0.5, 0.6) is 0 Å². The quantitative estimate of drug-likeness (QED) is 0.436. The zero-order valence-electron chi connectivity index (χ0n) is 13.2. The predicted molar refractivity (Wildman–Crippen MR) is 87.3 cm³/mol. The standard InChI is InChI=1S/C17H32N2O/c1-2-3-4-5-6-7-8-9-10-11-12-17-18-13-14-19(17)15-16-20/h3-4,20H,2,5-16H2,1H3/b4-3+. The largest absolute Gasteiger partial charge is 0.395 e. The van der Waals surface area contributed by atoms with E-state index in [0.29, 0.717) is 0 Å². The minimum Gasteiger partial charge on any atom is -0.395 e. The number of unbranched alkanes of at least 4 members (excludes halogenated alkanes) is 6. The number of nitrogens with zero attached hydrogens (tertiary/aromatic N) is 2. The van der Waals surface area contributed by atoms with E-state index >= 15 is 0 Å². The summed E-state index contributed by atoms with van der Waals surface area (Å²) < 4.78 is 0. The summed E-state index contributed by atoms with van der Waals surface area (Å²) in [6, 6.07) is 0. The third-order valence-electron chi connectivity index (χ3n) is 3.82. The first kappa shape index (κ1) is 17.2. The van der Waals surface area contributed by atoms with Gasteiger partial charge in [0.05, 0.1) is 19.0 Å². The lowest BCUT2D eigenvalue weighted by molar-refractivity contribution is 0.255. The molecule has 0 saturated heterocycles. The van der Waals surface area contributed by atoms with Gasteiger partial charge in [0, 0.05) is 19.5 Å². The zero-order chi connectivity index (χ0) is 14.5. The van der Waals surface area contributed by atoms with Crippen molar-refractivity contribution in [1.82, 2.24) is 4.90 Å². The molecule has 0 aromatic rings. The molecule has 1 rings (SSSR count). The van der Waals surface area contributed by atoms with E-state index in [4.69, 9.17) is 5.11 Å². The number of aliphatic imine (C=N–C) groups is 1. The van der Waals surface area contributed by atoms with Crippen LogP contribution in [0.2, 0.25) is 0 Å². The first-order valence-electron chi connectivity index (χ1n) is 8.42. The minimum atomic E-state index is 0.242. The molecule has 20 heavy (non-hydrogen) atoms. The van der Waals surface area contributed by atoms with Crippen molar-refractivity contribution in [2.45, 2.75) is 64.7 Å². The summed E-state index contributed by atoms with van der Waals surface area (Å²) in [4.78, 5) is 6.77. The van der Waals surface area contributed by atoms with Gasteiger partial charge in [-0.1, -0.05) is 44.8 Å². The van der Waals surface area contributed by atoms with E-state index in [0.717, 1.165) is 32.5 Å². The molecule has 0 saturated carbocycles. The zero-order valence-corrected chi connectivity index (χ0v) is 13.2. The summed E-state index contributed by atoms with van der Waals surface area (Å²) in [5, 5.41) is 8.99. The molecule has 0 amide bonds. The Hall–Kier alpha value is -0.830. The van der Waals surface area contributed by atoms with Crippen molar-refractivity contribution in [3.8, 4) is 0 Å². The molecule has 0 aromatic heterocycles. The number of hydrogen-bond acceptors (Lipinski definition) is 3. The molecule has 0 unspecified atom stereocenters. The van der Waals surface area contributed by atoms with Gasteiger partial charge in [0.15, 0.2) is 0 Å². The summed E-state index contributed by atoms with van der Waals surface area (Å²) in [5.74, 6) is 1.23. The number of allylic oxidation sites excluding steroid dienone is 2. The molecule has 116 valence electrons. The van der Waals surface area contributed by atoms with E-state index in [1.54, 1.807) is 0 Å². The third-order valence-corrected chi connectivity index (χ3v) is 3.82. The Morgan fingerprint density at radius 2 is 1.85 bits per heavy atom. The lowest BCUT2D eigenvalue weighted by atomic mass is 10.1. The number of aliphatic hydroxyl groups is 1. The SMILES string of the molecule is CC/C=C/CCCCCCCCC1=NCCN1CCO. The van der Waals surface area contributed by atoms with Crippen molar-refractivity contribution < 1.29 is 5.11 Å². The molecule has 0 spiro atoms. The van der Waals surface area contributed by atoms with Crippen LogP contribution in [0.25, 0.3) is 0 Å². The van der Waals surface area contributed by atoms with Crippen LogP contribution in [0.1, 0.15) is 64.7 Å². The van der Waals surface area contributed by atoms with Crippen molar-refractivity contribution in [1.29, 1.82) is 0 Å². The van der Waals surface area contributed by atoms with E-state index in [1.807, 2.05) is 0 Å². The number of hydrogen-bond donors (Lipinski definition) is 1. The maximum atomic E-state index is 8.99. The molecule has 0 aliphatic carbocycles. The highest BCUT2D eigenvalue weighted by atomic mass is 16.3. The molecule has 1 aliphatic rings. The van der Waals surface area contributed by atoms with E-state index in [-0.39, 0.29) is 6.61 Å². The van der Waals surface area contributed by atoms with Crippen molar-refractivity contribution in [2.24, 2.45) is 4.99 Å². The molecule has 1 heterocycles. The number of β-amino-alcohol motifs (C(OH)–C–C–N with tert-alkyl or cyclic N) is 1. The van der Waals surface area contributed by atoms with Gasteiger partial charge in [-0.3, -0.25) is 4.99 Å². The summed E-state index contributed by atoms with van der Waals surface area (Å²) in [5.41, 5.74) is 0. The summed E-state index contributed by atoms with van der Waals surface area (Å²) in [6.07, 6.45) is 16.1. The Labute approximate surface area is 124 Å². The fraction of sp³-hybridized carbons (Fsp3) is 0.824. The van der Waals surface area contributed by atoms with E-state index in [1.165, 1.54) is 50.8 Å². The Morgan fingerprint density at radius 1 is 1.10 bits per heavy atom. The van der Waals surface area contributed by atoms with Crippen molar-refractivity contribution in [3.63, 3.8) is 0 Å². The van der Waals surface area contributed by atoms with Gasteiger partial charge >= 0.3 is 0 Å². The maximum Gasteiger partial charge on any atom is 0.0991 e. The van der Waals surface area contributed by atoms with Gasteiger partial charge in [-0.2, -0.15) is 0 Å². The number of rotatable bonds is 12. The molecule has 3 nitrogen and oxygen atoms in total. The molecular weight excluding hydrogens is 248 g/mol. The second-order valence-electron chi connectivity index (χ2n) is 5.55. The maximum absolute atomic E-state index is 8.99. The van der Waals surface area contributed by atoms with Gasteiger partial charge in [0.25, 0.3) is 0 Å². The Balaban J connectivity index is 1.91. The smallest absolute Gasteiger partial charge is 0.0991 e. The van der Waals surface area contributed by atoms with Crippen LogP contribution >= 0.6 is 0 Å². The first-order valence-corrected chi connectivity index (χ1v) is 8.42. The van der Waals surface area contributed by atoms with E-state index in [9.17, 15) is 0 Å². The fourth-order valence-corrected chi connectivity index (χ4v) is 2.66. The molecule has 0 aromatic carbocycles. The Kier molecular flexibility index (Phi) is 10.3. The monoisotopic (exact) mass is 280 g/mol. The van der Waals surface area contributed by atoms with Gasteiger partial charge in [-0.15, -0.1) is 0 Å². The highest BCUT2D eigenvalue weighted by molar-refractivity contribution is 5.83. The van der Waals surface area contributed by atoms with Crippen LogP contribution < -0.4 is 0 Å². The van der Waals surface area contributed by atoms with Gasteiger partial charge in [0.2, 0.25) is 0 Å². The predicted octanol–water partition coefficient (Wildman–Crippen LogP) is 3.78. The van der Waals surface area contributed by atoms with Crippen LogP contribution in [-0.4, -0.2) is 42.1 Å². The summed E-state index contributed by atoms with van der Waals surface area (Å²) in [7, 11) is 0. The topological polar surface area (TPSA) is 35.8 Å². The highest BCUT2D eigenvalue weighted by Gasteiger charge is 2.14. The average Bonchev–Trinajstić information content (AvgIpc) is 2.89. The lowest BCUT2D eigenvalue weighted by Crippen LogP contribution is -2.30. The van der Waals surface area contributed by atoms with Gasteiger partial charge in [-0.05, 0) is 25.7 Å². The molecule has 1 aliphatic heterocycles. The summed E-state index contributed by atoms with van der Waals surface area (Å²) >= 11 is 0. The number of aliphatic hydroxyl groups excluding tert-OH is 1. The number of amidine groups is 1. The van der Waals surface area contributed by atoms with Crippen LogP contribution in [0, 0.1) is 0 Å². The lowest BCUT2D eigenvalue weighted by Gasteiger charge is -2.18. The first-order chi connectivity index (χ1) is 9.88. The van der Waals surface area contributed by atoms with Crippen molar-refractivity contribution >= 4 is 5.84 Å². The molecule has 1 N–H and O–H groups in total. The molecule has 0 radical (unpaired) electrons. The minimum absolute atomic E-state index is 0.242. The van der Waals surface area contributed by atoms with Crippen molar-refractivity contribution in [2.75, 3.05) is 26.2 Å². The average molecular weight is 280 g/mol. The molecule has 0 atom stereocenters. The Morgan fingerprint density at radius 3 is 2.60 bits per heavy atom. The second-order valence-corrected chi connectivity index (χ2v) is 5.55. The second kappa shape index (κ2) is 12.0. The third kappa shape index (κ3) is 7.68. The summed E-state index contributed by atoms with van der Waals surface area (Å²) in [6.45, 7) is 5.10.